The van der Waals surface area contributed by atoms with E-state index in [1.165, 1.54) is 44.9 Å². The van der Waals surface area contributed by atoms with Crippen LogP contribution in [-0.4, -0.2) is 37.0 Å². The summed E-state index contributed by atoms with van der Waals surface area (Å²) in [5, 5.41) is 9.54. The smallest absolute Gasteiger partial charge is 0.306 e. The number of carbonyl (C=O) groups is 1. The Hall–Kier alpha value is -2.17. The van der Waals surface area contributed by atoms with Crippen molar-refractivity contribution >= 4 is 5.97 Å². The molecule has 0 saturated heterocycles. The van der Waals surface area contributed by atoms with Gasteiger partial charge in [-0.3, -0.25) is 4.79 Å². The third-order valence-electron chi connectivity index (χ3n) is 7.00. The Balaban J connectivity index is 3.55. The van der Waals surface area contributed by atoms with Gasteiger partial charge in [-0.05, 0) is 77.0 Å². The van der Waals surface area contributed by atoms with E-state index in [4.69, 9.17) is 9.47 Å². The number of allylic oxidation sites excluding steroid dienone is 12. The van der Waals surface area contributed by atoms with E-state index >= 15 is 0 Å². The summed E-state index contributed by atoms with van der Waals surface area (Å²) < 4.78 is 11.1. The number of aliphatic hydroxyl groups is 1. The lowest BCUT2D eigenvalue weighted by atomic mass is 10.1. The zero-order chi connectivity index (χ0) is 31.3. The molecule has 0 radical (unpaired) electrons. The first kappa shape index (κ1) is 40.8. The maximum absolute atomic E-state index is 12.1. The van der Waals surface area contributed by atoms with Crippen molar-refractivity contribution in [2.45, 2.75) is 148 Å². The van der Waals surface area contributed by atoms with Gasteiger partial charge in [0.1, 0.15) is 6.10 Å². The minimum Gasteiger partial charge on any atom is -0.457 e. The highest BCUT2D eigenvalue weighted by Gasteiger charge is 2.13. The van der Waals surface area contributed by atoms with Crippen LogP contribution < -0.4 is 0 Å². The Morgan fingerprint density at radius 3 is 1.58 bits per heavy atom. The molecule has 1 atom stereocenters. The second kappa shape index (κ2) is 36.0. The van der Waals surface area contributed by atoms with Gasteiger partial charge in [0.05, 0.1) is 13.2 Å². The van der Waals surface area contributed by atoms with Gasteiger partial charge >= 0.3 is 5.97 Å². The number of ether oxygens (including phenoxy) is 2. The fraction of sp³-hybridized carbons (Fsp3) is 0.667. The van der Waals surface area contributed by atoms with E-state index in [2.05, 4.69) is 86.8 Å². The highest BCUT2D eigenvalue weighted by atomic mass is 16.6. The van der Waals surface area contributed by atoms with Crippen molar-refractivity contribution in [1.82, 2.24) is 0 Å². The zero-order valence-corrected chi connectivity index (χ0v) is 27.9. The molecule has 0 fully saturated rings. The molecule has 1 N–H and O–H groups in total. The van der Waals surface area contributed by atoms with Gasteiger partial charge in [0.15, 0.2) is 0 Å². The summed E-state index contributed by atoms with van der Waals surface area (Å²) in [6, 6.07) is 0. The van der Waals surface area contributed by atoms with Gasteiger partial charge in [-0.1, -0.05) is 132 Å². The predicted molar refractivity (Wildman–Crippen MR) is 186 cm³/mol. The third-order valence-corrected chi connectivity index (χ3v) is 7.00. The van der Waals surface area contributed by atoms with Crippen LogP contribution in [-0.2, 0) is 14.3 Å². The molecule has 0 saturated carbocycles. The summed E-state index contributed by atoms with van der Waals surface area (Å²) in [4.78, 5) is 12.1. The molecule has 0 aliphatic heterocycles. The minimum atomic E-state index is -0.554. The molecule has 0 rings (SSSR count). The standard InChI is InChI=1S/C39H66O4/c1-3-5-7-9-11-13-15-17-18-19-20-21-23-25-27-29-31-33-35-42-37-38(36-40)43-39(41)34-32-30-28-26-24-22-16-14-12-10-8-6-4-2/h5,7-8,10-11,13-14,16-18,20-21,38,40H,3-4,6,9,12,15,19,22-37H2,1-2H3/b7-5-,10-8-,13-11-,16-14-,18-17-,21-20-. The van der Waals surface area contributed by atoms with Gasteiger partial charge < -0.3 is 14.6 Å². The molecule has 1 unspecified atom stereocenters. The molecule has 0 aromatic carbocycles. The van der Waals surface area contributed by atoms with Crippen molar-refractivity contribution < 1.29 is 19.4 Å². The Morgan fingerprint density at radius 1 is 0.581 bits per heavy atom. The normalized spacial score (nSPS) is 13.3. The molecule has 0 aliphatic rings. The minimum absolute atomic E-state index is 0.190. The van der Waals surface area contributed by atoms with Crippen molar-refractivity contribution in [3.8, 4) is 0 Å². The van der Waals surface area contributed by atoms with Crippen molar-refractivity contribution in [3.63, 3.8) is 0 Å². The fourth-order valence-electron chi connectivity index (χ4n) is 4.41. The molecule has 0 heterocycles. The van der Waals surface area contributed by atoms with Gasteiger partial charge in [0.2, 0.25) is 0 Å². The summed E-state index contributed by atoms with van der Waals surface area (Å²) in [6.45, 7) is 5.09. The first-order chi connectivity index (χ1) is 21.2. The predicted octanol–water partition coefficient (Wildman–Crippen LogP) is 11.1. The van der Waals surface area contributed by atoms with Crippen LogP contribution >= 0.6 is 0 Å². The molecule has 4 nitrogen and oxygen atoms in total. The van der Waals surface area contributed by atoms with Gasteiger partial charge in [-0.25, -0.2) is 0 Å². The topological polar surface area (TPSA) is 55.8 Å². The van der Waals surface area contributed by atoms with Crippen molar-refractivity contribution in [3.05, 3.63) is 72.9 Å². The SMILES string of the molecule is CC/C=C\C/C=C\C/C=C\C/C=C\CCCCCCCOCC(CO)OC(=O)CCCCCCC/C=C\C/C=C\CCC. The van der Waals surface area contributed by atoms with Gasteiger partial charge in [-0.2, -0.15) is 0 Å². The maximum atomic E-state index is 12.1. The first-order valence-corrected chi connectivity index (χ1v) is 17.5. The number of hydrogen-bond acceptors (Lipinski definition) is 4. The summed E-state index contributed by atoms with van der Waals surface area (Å²) in [5.41, 5.74) is 0. The Morgan fingerprint density at radius 2 is 1.05 bits per heavy atom. The monoisotopic (exact) mass is 598 g/mol. The van der Waals surface area contributed by atoms with Crippen LogP contribution in [0.4, 0.5) is 0 Å². The third kappa shape index (κ3) is 34.2. The molecule has 43 heavy (non-hydrogen) atoms. The summed E-state index contributed by atoms with van der Waals surface area (Å²) in [6.07, 6.45) is 47.9. The van der Waals surface area contributed by atoms with Crippen LogP contribution in [0.1, 0.15) is 142 Å². The highest BCUT2D eigenvalue weighted by Crippen LogP contribution is 2.10. The molecule has 0 amide bonds. The largest absolute Gasteiger partial charge is 0.457 e. The molecule has 0 spiro atoms. The van der Waals surface area contributed by atoms with E-state index in [1.54, 1.807) is 0 Å². The Bertz CT molecular complexity index is 759. The van der Waals surface area contributed by atoms with Crippen LogP contribution in [0.3, 0.4) is 0 Å². The average molecular weight is 599 g/mol. The number of rotatable bonds is 31. The number of unbranched alkanes of at least 4 members (excludes halogenated alkanes) is 11. The van der Waals surface area contributed by atoms with E-state index in [0.717, 1.165) is 77.0 Å². The molecule has 0 aromatic rings. The van der Waals surface area contributed by atoms with Crippen LogP contribution in [0.5, 0.6) is 0 Å². The Labute approximate surface area is 266 Å². The van der Waals surface area contributed by atoms with E-state index in [-0.39, 0.29) is 19.2 Å². The highest BCUT2D eigenvalue weighted by molar-refractivity contribution is 5.69. The number of aliphatic hydroxyl groups excluding tert-OH is 1. The summed E-state index contributed by atoms with van der Waals surface area (Å²) in [7, 11) is 0. The quantitative estimate of drug-likeness (QED) is 0.0490. The Kier molecular flexibility index (Phi) is 34.2. The number of carbonyl (C=O) groups excluding carboxylic acids is 1. The van der Waals surface area contributed by atoms with Crippen LogP contribution in [0, 0.1) is 0 Å². The molecular formula is C39H66O4. The van der Waals surface area contributed by atoms with Crippen molar-refractivity contribution in [2.75, 3.05) is 19.8 Å². The summed E-state index contributed by atoms with van der Waals surface area (Å²) >= 11 is 0. The maximum Gasteiger partial charge on any atom is 0.306 e. The van der Waals surface area contributed by atoms with Gasteiger partial charge in [0, 0.05) is 13.0 Å². The summed E-state index contributed by atoms with van der Waals surface area (Å²) in [5.74, 6) is -0.227. The van der Waals surface area contributed by atoms with E-state index in [9.17, 15) is 9.90 Å². The second-order valence-electron chi connectivity index (χ2n) is 11.2. The van der Waals surface area contributed by atoms with E-state index < -0.39 is 6.10 Å². The number of hydrogen-bond donors (Lipinski definition) is 1. The van der Waals surface area contributed by atoms with Crippen molar-refractivity contribution in [1.29, 1.82) is 0 Å². The molecule has 0 aromatic heterocycles. The van der Waals surface area contributed by atoms with Crippen LogP contribution in [0.25, 0.3) is 0 Å². The van der Waals surface area contributed by atoms with E-state index in [1.807, 2.05) is 0 Å². The lowest BCUT2D eigenvalue weighted by Crippen LogP contribution is -2.27. The van der Waals surface area contributed by atoms with Crippen LogP contribution in [0.2, 0.25) is 0 Å². The average Bonchev–Trinajstić information content (AvgIpc) is 3.01. The second-order valence-corrected chi connectivity index (χ2v) is 11.2. The number of esters is 1. The van der Waals surface area contributed by atoms with Crippen molar-refractivity contribution in [2.24, 2.45) is 0 Å². The molecule has 4 heteroatoms. The van der Waals surface area contributed by atoms with E-state index in [0.29, 0.717) is 13.0 Å². The zero-order valence-electron chi connectivity index (χ0n) is 27.9. The fourth-order valence-corrected chi connectivity index (χ4v) is 4.41. The molecule has 0 bridgehead atoms. The molecule has 246 valence electrons. The lowest BCUT2D eigenvalue weighted by Gasteiger charge is -2.15. The molecule has 0 aliphatic carbocycles. The lowest BCUT2D eigenvalue weighted by molar-refractivity contribution is -0.154. The molecular weight excluding hydrogens is 532 g/mol. The van der Waals surface area contributed by atoms with Gasteiger partial charge in [-0.15, -0.1) is 0 Å². The van der Waals surface area contributed by atoms with Crippen LogP contribution in [0.15, 0.2) is 72.9 Å². The van der Waals surface area contributed by atoms with Gasteiger partial charge in [0.25, 0.3) is 0 Å². The first-order valence-electron chi connectivity index (χ1n) is 17.5.